The maximum absolute atomic E-state index is 13.0. The van der Waals surface area contributed by atoms with E-state index in [4.69, 9.17) is 28.4 Å². The number of amides is 2. The monoisotopic (exact) mass is 674 g/mol. The number of fused-ring (bicyclic) bond motifs is 1. The molecule has 0 atom stereocenters. The van der Waals surface area contributed by atoms with Gasteiger partial charge in [-0.25, -0.2) is 4.79 Å². The SMILES string of the molecule is O=C(OCCOCCOCCOCCOCCOCCN1C(=O)c2ccccc2C1=O)c1ccccc1Nc1cccc(C(F)(F)F)c1. The van der Waals surface area contributed by atoms with Crippen molar-refractivity contribution in [2.45, 2.75) is 6.18 Å². The van der Waals surface area contributed by atoms with Gasteiger partial charge >= 0.3 is 12.1 Å². The highest BCUT2D eigenvalue weighted by molar-refractivity contribution is 6.21. The molecule has 11 nitrogen and oxygen atoms in total. The van der Waals surface area contributed by atoms with E-state index in [1.165, 1.54) is 23.1 Å². The summed E-state index contributed by atoms with van der Waals surface area (Å²) in [7, 11) is 0. The molecule has 0 bridgehead atoms. The lowest BCUT2D eigenvalue weighted by Crippen LogP contribution is -2.33. The Morgan fingerprint density at radius 3 is 1.69 bits per heavy atom. The van der Waals surface area contributed by atoms with Gasteiger partial charge in [0, 0.05) is 5.69 Å². The summed E-state index contributed by atoms with van der Waals surface area (Å²) >= 11 is 0. The fraction of sp³-hybridized carbons (Fsp3) is 0.382. The van der Waals surface area contributed by atoms with Gasteiger partial charge in [-0.2, -0.15) is 13.2 Å². The molecule has 0 unspecified atom stereocenters. The van der Waals surface area contributed by atoms with Gasteiger partial charge < -0.3 is 33.7 Å². The Hall–Kier alpha value is -4.34. The molecular weight excluding hydrogens is 637 g/mol. The van der Waals surface area contributed by atoms with Crippen molar-refractivity contribution < 1.29 is 56.0 Å². The van der Waals surface area contributed by atoms with E-state index < -0.39 is 17.7 Å². The highest BCUT2D eigenvalue weighted by atomic mass is 19.4. The predicted octanol–water partition coefficient (Wildman–Crippen LogP) is 4.99. The Morgan fingerprint density at radius 2 is 1.12 bits per heavy atom. The highest BCUT2D eigenvalue weighted by Crippen LogP contribution is 2.32. The molecule has 0 fully saturated rings. The van der Waals surface area contributed by atoms with E-state index in [0.29, 0.717) is 63.1 Å². The number of esters is 1. The highest BCUT2D eigenvalue weighted by Gasteiger charge is 2.34. The van der Waals surface area contributed by atoms with Gasteiger partial charge in [0.05, 0.1) is 101 Å². The molecule has 0 saturated heterocycles. The van der Waals surface area contributed by atoms with Crippen LogP contribution in [0.1, 0.15) is 36.6 Å². The minimum Gasteiger partial charge on any atom is -0.460 e. The number of ether oxygens (including phenoxy) is 6. The maximum atomic E-state index is 13.0. The van der Waals surface area contributed by atoms with E-state index in [1.807, 2.05) is 0 Å². The van der Waals surface area contributed by atoms with Gasteiger partial charge in [-0.05, 0) is 42.5 Å². The molecule has 0 aromatic heterocycles. The van der Waals surface area contributed by atoms with Crippen molar-refractivity contribution in [1.82, 2.24) is 4.90 Å². The molecule has 3 aromatic carbocycles. The first-order valence-electron chi connectivity index (χ1n) is 15.3. The van der Waals surface area contributed by atoms with Crippen molar-refractivity contribution in [1.29, 1.82) is 0 Å². The molecule has 48 heavy (non-hydrogen) atoms. The van der Waals surface area contributed by atoms with Crippen LogP contribution in [0.4, 0.5) is 24.5 Å². The smallest absolute Gasteiger partial charge is 0.416 e. The lowest BCUT2D eigenvalue weighted by Gasteiger charge is -2.14. The summed E-state index contributed by atoms with van der Waals surface area (Å²) < 4.78 is 71.5. The number of hydrogen-bond donors (Lipinski definition) is 1. The number of halogens is 3. The van der Waals surface area contributed by atoms with Crippen molar-refractivity contribution >= 4 is 29.2 Å². The Bertz CT molecular complexity index is 1470. The molecule has 3 aromatic rings. The zero-order valence-corrected chi connectivity index (χ0v) is 26.2. The largest absolute Gasteiger partial charge is 0.460 e. The molecule has 4 rings (SSSR count). The van der Waals surface area contributed by atoms with Gasteiger partial charge in [-0.15, -0.1) is 0 Å². The number of rotatable bonds is 21. The Morgan fingerprint density at radius 1 is 0.625 bits per heavy atom. The second-order valence-corrected chi connectivity index (χ2v) is 10.3. The Labute approximate surface area is 275 Å². The number of nitrogens with one attached hydrogen (secondary N) is 1. The standard InChI is InChI=1S/C34H37F3N2O9/c35-34(36,37)25-6-5-7-26(24-25)38-30-11-4-3-10-29(30)33(42)48-23-22-47-21-20-46-19-18-45-17-16-44-15-14-43-13-12-39-31(40)27-8-1-2-9-28(27)32(39)41/h1-11,24,38H,12-23H2. The molecule has 1 aliphatic rings. The van der Waals surface area contributed by atoms with Crippen molar-refractivity contribution in [3.8, 4) is 0 Å². The maximum Gasteiger partial charge on any atom is 0.416 e. The fourth-order valence-electron chi connectivity index (χ4n) is 4.55. The molecule has 258 valence electrons. The third-order valence-corrected chi connectivity index (χ3v) is 6.90. The number of anilines is 2. The molecular formula is C34H37F3N2O9. The van der Waals surface area contributed by atoms with Crippen molar-refractivity contribution in [3.63, 3.8) is 0 Å². The van der Waals surface area contributed by atoms with Crippen LogP contribution in [0, 0.1) is 0 Å². The van der Waals surface area contributed by atoms with Crippen molar-refractivity contribution in [3.05, 3.63) is 95.1 Å². The molecule has 1 heterocycles. The Kier molecular flexibility index (Phi) is 14.3. The van der Waals surface area contributed by atoms with E-state index in [1.54, 1.807) is 42.5 Å². The van der Waals surface area contributed by atoms with E-state index in [0.717, 1.165) is 12.1 Å². The first-order valence-corrected chi connectivity index (χ1v) is 15.3. The van der Waals surface area contributed by atoms with E-state index in [2.05, 4.69) is 5.32 Å². The van der Waals surface area contributed by atoms with Crippen LogP contribution >= 0.6 is 0 Å². The third-order valence-electron chi connectivity index (χ3n) is 6.90. The van der Waals surface area contributed by atoms with E-state index >= 15 is 0 Å². The van der Waals surface area contributed by atoms with Crippen LogP contribution in [0.5, 0.6) is 0 Å². The fourth-order valence-corrected chi connectivity index (χ4v) is 4.55. The molecule has 1 aliphatic heterocycles. The summed E-state index contributed by atoms with van der Waals surface area (Å²) in [6.07, 6.45) is -4.48. The zero-order chi connectivity index (χ0) is 34.2. The molecule has 1 N–H and O–H groups in total. The van der Waals surface area contributed by atoms with Gasteiger partial charge in [0.15, 0.2) is 0 Å². The van der Waals surface area contributed by atoms with E-state index in [9.17, 15) is 27.6 Å². The number of para-hydroxylation sites is 1. The number of carbonyl (C=O) groups is 3. The van der Waals surface area contributed by atoms with E-state index in [-0.39, 0.29) is 56.0 Å². The van der Waals surface area contributed by atoms with Gasteiger partial charge in [0.2, 0.25) is 0 Å². The number of hydrogen-bond acceptors (Lipinski definition) is 10. The number of nitrogens with zero attached hydrogens (tertiary/aromatic N) is 1. The second kappa shape index (κ2) is 18.9. The lowest BCUT2D eigenvalue weighted by atomic mass is 10.1. The first kappa shape index (κ1) is 36.5. The first-order chi connectivity index (χ1) is 23.3. The van der Waals surface area contributed by atoms with Crippen LogP contribution in [-0.2, 0) is 34.6 Å². The lowest BCUT2D eigenvalue weighted by molar-refractivity contribution is -0.137. The third kappa shape index (κ3) is 11.1. The topological polar surface area (TPSA) is 122 Å². The summed E-state index contributed by atoms with van der Waals surface area (Å²) in [5, 5.41) is 2.85. The van der Waals surface area contributed by atoms with Crippen LogP contribution < -0.4 is 5.32 Å². The summed E-state index contributed by atoms with van der Waals surface area (Å²) in [5.74, 6) is -1.25. The predicted molar refractivity (Wildman–Crippen MR) is 167 cm³/mol. The zero-order valence-electron chi connectivity index (χ0n) is 26.2. The van der Waals surface area contributed by atoms with Crippen LogP contribution in [0.2, 0.25) is 0 Å². The second-order valence-electron chi connectivity index (χ2n) is 10.3. The molecule has 0 spiro atoms. The summed E-state index contributed by atoms with van der Waals surface area (Å²) in [4.78, 5) is 38.4. The van der Waals surface area contributed by atoms with Gasteiger partial charge in [0.1, 0.15) is 6.61 Å². The summed E-state index contributed by atoms with van der Waals surface area (Å²) in [6, 6.07) is 17.8. The van der Waals surface area contributed by atoms with Crippen LogP contribution in [-0.4, -0.2) is 102 Å². The quantitative estimate of drug-likeness (QED) is 0.0941. The average Bonchev–Trinajstić information content (AvgIpc) is 3.32. The summed E-state index contributed by atoms with van der Waals surface area (Å²) in [6.45, 7) is 3.25. The number of carbonyl (C=O) groups excluding carboxylic acids is 3. The van der Waals surface area contributed by atoms with Crippen LogP contribution in [0.25, 0.3) is 0 Å². The number of benzene rings is 3. The van der Waals surface area contributed by atoms with Gasteiger partial charge in [-0.3, -0.25) is 14.5 Å². The Balaban J connectivity index is 0.946. The van der Waals surface area contributed by atoms with Crippen LogP contribution in [0.3, 0.4) is 0 Å². The van der Waals surface area contributed by atoms with Gasteiger partial charge in [-0.1, -0.05) is 30.3 Å². The van der Waals surface area contributed by atoms with Gasteiger partial charge in [0.25, 0.3) is 11.8 Å². The minimum atomic E-state index is -4.48. The minimum absolute atomic E-state index is 0.0164. The molecule has 14 heteroatoms. The molecule has 2 amide bonds. The normalized spacial score (nSPS) is 12.8. The van der Waals surface area contributed by atoms with Crippen molar-refractivity contribution in [2.24, 2.45) is 0 Å². The average molecular weight is 675 g/mol. The van der Waals surface area contributed by atoms with Crippen LogP contribution in [0.15, 0.2) is 72.8 Å². The summed E-state index contributed by atoms with van der Waals surface area (Å²) in [5.41, 5.74) is 0.704. The molecule has 0 aliphatic carbocycles. The number of alkyl halides is 3. The molecule has 0 radical (unpaired) electrons. The van der Waals surface area contributed by atoms with Crippen molar-refractivity contribution in [2.75, 3.05) is 84.5 Å². The molecule has 0 saturated carbocycles. The number of imide groups is 1.